The van der Waals surface area contributed by atoms with E-state index in [0.717, 1.165) is 0 Å². The number of pyridine rings is 1. The maximum absolute atomic E-state index is 12.4. The number of benzene rings is 1. The number of alkyl halides is 1. The number of carbonyl (C=O) groups excluding carboxylic acids is 1. The van der Waals surface area contributed by atoms with Gasteiger partial charge in [0.2, 0.25) is 11.3 Å². The Morgan fingerprint density at radius 1 is 1.21 bits per heavy atom. The molecule has 0 atom stereocenters. The first-order chi connectivity index (χ1) is 13.7. The maximum Gasteiger partial charge on any atom is 0.358 e. The van der Waals surface area contributed by atoms with Crippen LogP contribution < -0.4 is 9.47 Å². The molecule has 9 heteroatoms. The van der Waals surface area contributed by atoms with Crippen molar-refractivity contribution in [3.63, 3.8) is 0 Å². The van der Waals surface area contributed by atoms with Gasteiger partial charge < -0.3 is 19.1 Å². The summed E-state index contributed by atoms with van der Waals surface area (Å²) in [5, 5.41) is 14.4. The highest BCUT2D eigenvalue weighted by molar-refractivity contribution is 9.08. The highest BCUT2D eigenvalue weighted by Crippen LogP contribution is 2.39. The molecule has 1 N–H and O–H groups in total. The van der Waals surface area contributed by atoms with E-state index in [2.05, 4.69) is 26.1 Å². The lowest BCUT2D eigenvalue weighted by atomic mass is 9.97. The first-order valence-electron chi connectivity index (χ1n) is 8.65. The number of ether oxygens (including phenoxy) is 2. The second kappa shape index (κ2) is 7.82. The Balaban J connectivity index is 2.26. The lowest BCUT2D eigenvalue weighted by molar-refractivity contribution is -0.143. The molecule has 0 bridgehead atoms. The second-order valence-electron chi connectivity index (χ2n) is 7.28. The van der Waals surface area contributed by atoms with E-state index >= 15 is 0 Å². The van der Waals surface area contributed by atoms with E-state index in [4.69, 9.17) is 14.0 Å². The Morgan fingerprint density at radius 3 is 2.38 bits per heavy atom. The molecule has 0 radical (unpaired) electrons. The first kappa shape index (κ1) is 20.8. The second-order valence-corrected chi connectivity index (χ2v) is 7.84. The van der Waals surface area contributed by atoms with Gasteiger partial charge in [-0.05, 0) is 45.0 Å². The molecule has 0 amide bonds. The quantitative estimate of drug-likeness (QED) is 0.437. The fraction of sp³-hybridized carbons (Fsp3) is 0.300. The normalized spacial score (nSPS) is 11.5. The van der Waals surface area contributed by atoms with Crippen molar-refractivity contribution in [3.05, 3.63) is 35.7 Å². The molecule has 0 saturated carbocycles. The van der Waals surface area contributed by atoms with Crippen LogP contribution in [0.15, 0.2) is 28.8 Å². The van der Waals surface area contributed by atoms with Crippen molar-refractivity contribution in [1.29, 1.82) is 0 Å². The summed E-state index contributed by atoms with van der Waals surface area (Å²) in [5.74, 6) is -1.54. The molecule has 0 aliphatic carbocycles. The molecule has 2 aromatic heterocycles. The monoisotopic (exact) mass is 462 g/mol. The van der Waals surface area contributed by atoms with Gasteiger partial charge in [-0.25, -0.2) is 9.78 Å². The van der Waals surface area contributed by atoms with Crippen molar-refractivity contribution in [2.24, 2.45) is 5.41 Å². The number of carboxylic acids is 1. The number of carbonyl (C=O) groups is 2. The van der Waals surface area contributed by atoms with E-state index in [9.17, 15) is 14.7 Å². The first-order valence-corrected chi connectivity index (χ1v) is 9.77. The zero-order chi connectivity index (χ0) is 21.3. The molecule has 0 saturated heterocycles. The number of aromatic nitrogens is 2. The smallest absolute Gasteiger partial charge is 0.358 e. The van der Waals surface area contributed by atoms with Gasteiger partial charge in [0.1, 0.15) is 11.4 Å². The number of hydrogen-bond acceptors (Lipinski definition) is 7. The third kappa shape index (κ3) is 3.95. The van der Waals surface area contributed by atoms with Gasteiger partial charge in [-0.2, -0.15) is 0 Å². The minimum absolute atomic E-state index is 0.0512. The zero-order valence-corrected chi connectivity index (χ0v) is 17.9. The average Bonchev–Trinajstić information content (AvgIpc) is 3.12. The molecule has 3 rings (SSSR count). The fourth-order valence-electron chi connectivity index (χ4n) is 2.59. The minimum Gasteiger partial charge on any atom is -0.497 e. The van der Waals surface area contributed by atoms with Crippen LogP contribution in [0.1, 0.15) is 37.0 Å². The number of nitrogens with zero attached hydrogens (tertiary/aromatic N) is 2. The van der Waals surface area contributed by atoms with Crippen LogP contribution in [-0.4, -0.2) is 34.3 Å². The molecular formula is C20H19BrN2O6. The Labute approximate surface area is 174 Å². The van der Waals surface area contributed by atoms with Gasteiger partial charge in [0, 0.05) is 10.9 Å². The molecule has 3 aromatic rings. The van der Waals surface area contributed by atoms with E-state index in [1.807, 2.05) is 0 Å². The number of hydrogen-bond donors (Lipinski definition) is 1. The molecule has 0 aliphatic heterocycles. The van der Waals surface area contributed by atoms with Crippen molar-refractivity contribution in [3.8, 4) is 22.8 Å². The number of esters is 1. The van der Waals surface area contributed by atoms with Crippen molar-refractivity contribution < 1.29 is 28.7 Å². The molecule has 0 aliphatic rings. The molecule has 8 nitrogen and oxygen atoms in total. The summed E-state index contributed by atoms with van der Waals surface area (Å²) >= 11 is 3.33. The van der Waals surface area contributed by atoms with Gasteiger partial charge in [-0.3, -0.25) is 4.79 Å². The molecule has 0 fully saturated rings. The number of rotatable bonds is 5. The van der Waals surface area contributed by atoms with E-state index in [1.54, 1.807) is 52.1 Å². The summed E-state index contributed by atoms with van der Waals surface area (Å²) in [6.45, 7) is 4.99. The third-order valence-corrected chi connectivity index (χ3v) is 4.68. The number of fused-ring (bicyclic) bond motifs is 1. The van der Waals surface area contributed by atoms with Crippen LogP contribution in [-0.2, 0) is 10.1 Å². The Kier molecular flexibility index (Phi) is 5.61. The summed E-state index contributed by atoms with van der Waals surface area (Å²) in [7, 11) is 1.57. The van der Waals surface area contributed by atoms with Crippen molar-refractivity contribution >= 4 is 38.8 Å². The van der Waals surface area contributed by atoms with Gasteiger partial charge in [0.05, 0.1) is 23.6 Å². The van der Waals surface area contributed by atoms with Gasteiger partial charge in [0.15, 0.2) is 5.69 Å². The van der Waals surface area contributed by atoms with E-state index in [1.165, 1.54) is 0 Å². The third-order valence-electron chi connectivity index (χ3n) is 4.15. The minimum atomic E-state index is -1.34. The molecule has 29 heavy (non-hydrogen) atoms. The van der Waals surface area contributed by atoms with Crippen molar-refractivity contribution in [1.82, 2.24) is 10.1 Å². The van der Waals surface area contributed by atoms with E-state index in [0.29, 0.717) is 28.1 Å². The SMILES string of the molecule is COc1ccc(-c2noc3c(OC(=O)C(C)(C)C)c(C(=O)O)nc(CBr)c23)cc1. The Hall–Kier alpha value is -2.94. The number of methoxy groups -OCH3 is 1. The Morgan fingerprint density at radius 2 is 1.86 bits per heavy atom. The highest BCUT2D eigenvalue weighted by atomic mass is 79.9. The molecule has 1 aromatic carbocycles. The summed E-state index contributed by atoms with van der Waals surface area (Å²) in [5.41, 5.74) is 0.353. The van der Waals surface area contributed by atoms with Crippen molar-refractivity contribution in [2.45, 2.75) is 26.1 Å². The summed E-state index contributed by atoms with van der Waals surface area (Å²) in [6.07, 6.45) is 0. The zero-order valence-electron chi connectivity index (χ0n) is 16.3. The molecule has 152 valence electrons. The highest BCUT2D eigenvalue weighted by Gasteiger charge is 2.31. The maximum atomic E-state index is 12.4. The van der Waals surface area contributed by atoms with Gasteiger partial charge in [-0.15, -0.1) is 0 Å². The van der Waals surface area contributed by atoms with E-state index < -0.39 is 23.0 Å². The van der Waals surface area contributed by atoms with Crippen LogP contribution in [0.3, 0.4) is 0 Å². The number of aromatic carboxylic acids is 1. The van der Waals surface area contributed by atoms with Crippen molar-refractivity contribution in [2.75, 3.05) is 7.11 Å². The van der Waals surface area contributed by atoms with Gasteiger partial charge in [-0.1, -0.05) is 21.1 Å². The fourth-order valence-corrected chi connectivity index (χ4v) is 3.00. The predicted octanol–water partition coefficient (Wildman–Crippen LogP) is 4.44. The average molecular weight is 463 g/mol. The van der Waals surface area contributed by atoms with Crippen LogP contribution in [0, 0.1) is 5.41 Å². The largest absolute Gasteiger partial charge is 0.497 e. The standard InChI is InChI=1S/C20H19BrN2O6/c1-20(2,3)19(26)28-17-15(18(24)25)22-12(9-21)13-14(23-29-16(13)17)10-5-7-11(27-4)8-6-10/h5-8H,9H2,1-4H3,(H,24,25). The lowest BCUT2D eigenvalue weighted by Crippen LogP contribution is -2.26. The van der Waals surface area contributed by atoms with Gasteiger partial charge in [0.25, 0.3) is 0 Å². The Bertz CT molecular complexity index is 1080. The van der Waals surface area contributed by atoms with Gasteiger partial charge >= 0.3 is 11.9 Å². The number of halogens is 1. The van der Waals surface area contributed by atoms with Crippen LogP contribution in [0.25, 0.3) is 22.2 Å². The summed E-state index contributed by atoms with van der Waals surface area (Å²) < 4.78 is 16.0. The predicted molar refractivity (Wildman–Crippen MR) is 108 cm³/mol. The summed E-state index contributed by atoms with van der Waals surface area (Å²) in [6, 6.07) is 7.12. The summed E-state index contributed by atoms with van der Waals surface area (Å²) in [4.78, 5) is 28.4. The van der Waals surface area contributed by atoms with E-state index in [-0.39, 0.29) is 16.7 Å². The lowest BCUT2D eigenvalue weighted by Gasteiger charge is -2.17. The van der Waals surface area contributed by atoms with Crippen LogP contribution in [0.2, 0.25) is 0 Å². The molecule has 0 unspecified atom stereocenters. The van der Waals surface area contributed by atoms with Crippen LogP contribution >= 0.6 is 15.9 Å². The topological polar surface area (TPSA) is 112 Å². The molecular weight excluding hydrogens is 444 g/mol. The van der Waals surface area contributed by atoms with Crippen LogP contribution in [0.4, 0.5) is 0 Å². The van der Waals surface area contributed by atoms with Crippen LogP contribution in [0.5, 0.6) is 11.5 Å². The molecule has 0 spiro atoms. The number of carboxylic acid groups (broad SMARTS) is 1. The molecule has 2 heterocycles.